The highest BCUT2D eigenvalue weighted by Gasteiger charge is 2.87. The summed E-state index contributed by atoms with van der Waals surface area (Å²) in [6.07, 6.45) is 8.67. The molecule has 7 nitrogen and oxygen atoms in total. The van der Waals surface area contributed by atoms with Crippen molar-refractivity contribution in [2.24, 2.45) is 22.7 Å². The predicted octanol–water partition coefficient (Wildman–Crippen LogP) is 4.15. The van der Waals surface area contributed by atoms with Gasteiger partial charge in [-0.2, -0.15) is 0 Å². The van der Waals surface area contributed by atoms with E-state index in [-0.39, 0.29) is 35.6 Å². The van der Waals surface area contributed by atoms with Gasteiger partial charge in [-0.1, -0.05) is 19.9 Å². The molecule has 1 spiro atoms. The SMILES string of the molecule is COC(=O)C[C@@H]1C(C)(C)OC(=O)C=C[C@]1(C)[C@H]1CC[C@@]2(C)[C@H](c3ccoc3)C[C@@H](O)[C@]23O[C@]13C. The molecule has 2 aliphatic carbocycles. The quantitative estimate of drug-likeness (QED) is 0.519. The molecule has 34 heavy (non-hydrogen) atoms. The van der Waals surface area contributed by atoms with E-state index in [1.165, 1.54) is 13.2 Å². The van der Waals surface area contributed by atoms with Crippen LogP contribution in [0.5, 0.6) is 0 Å². The summed E-state index contributed by atoms with van der Waals surface area (Å²) in [7, 11) is 1.38. The molecule has 2 saturated carbocycles. The molecule has 1 saturated heterocycles. The van der Waals surface area contributed by atoms with Gasteiger partial charge in [-0.3, -0.25) is 4.79 Å². The highest BCUT2D eigenvalue weighted by molar-refractivity contribution is 5.83. The Balaban J connectivity index is 1.58. The molecule has 7 heteroatoms. The molecule has 0 radical (unpaired) electrons. The van der Waals surface area contributed by atoms with Gasteiger partial charge >= 0.3 is 11.9 Å². The maximum atomic E-state index is 12.5. The lowest BCUT2D eigenvalue weighted by Gasteiger charge is -2.52. The molecule has 8 atom stereocenters. The van der Waals surface area contributed by atoms with E-state index in [1.54, 1.807) is 12.5 Å². The van der Waals surface area contributed by atoms with Crippen LogP contribution in [-0.2, 0) is 23.8 Å². The first-order valence-corrected chi connectivity index (χ1v) is 12.2. The highest BCUT2D eigenvalue weighted by Crippen LogP contribution is 2.79. The molecular formula is C27H36O7. The number of furan rings is 1. The molecule has 0 amide bonds. The summed E-state index contributed by atoms with van der Waals surface area (Å²) in [4.78, 5) is 25.0. The fourth-order valence-electron chi connectivity index (χ4n) is 8.52. The maximum absolute atomic E-state index is 12.5. The van der Waals surface area contributed by atoms with Gasteiger partial charge < -0.3 is 23.7 Å². The van der Waals surface area contributed by atoms with Crippen molar-refractivity contribution in [2.45, 2.75) is 89.1 Å². The van der Waals surface area contributed by atoms with Crippen molar-refractivity contribution < 1.29 is 33.3 Å². The lowest BCUT2D eigenvalue weighted by atomic mass is 9.49. The number of epoxide rings is 1. The minimum absolute atomic E-state index is 0.0366. The number of hydrogen-bond donors (Lipinski definition) is 1. The van der Waals surface area contributed by atoms with Crippen LogP contribution in [0.25, 0.3) is 0 Å². The lowest BCUT2D eigenvalue weighted by Crippen LogP contribution is -2.57. The number of esters is 2. The Morgan fingerprint density at radius 3 is 2.62 bits per heavy atom. The summed E-state index contributed by atoms with van der Waals surface area (Å²) in [5, 5.41) is 11.4. The van der Waals surface area contributed by atoms with Crippen LogP contribution in [0.4, 0.5) is 0 Å². The molecule has 0 unspecified atom stereocenters. The van der Waals surface area contributed by atoms with Crippen LogP contribution < -0.4 is 0 Å². The number of carbonyl (C=O) groups excluding carboxylic acids is 2. The van der Waals surface area contributed by atoms with Crippen LogP contribution in [0.15, 0.2) is 35.2 Å². The van der Waals surface area contributed by atoms with Gasteiger partial charge in [0.1, 0.15) is 16.8 Å². The van der Waals surface area contributed by atoms with Crippen molar-refractivity contribution in [3.8, 4) is 0 Å². The summed E-state index contributed by atoms with van der Waals surface area (Å²) in [6, 6.07) is 1.99. The average molecular weight is 473 g/mol. The van der Waals surface area contributed by atoms with Gasteiger partial charge in [0.25, 0.3) is 0 Å². The molecule has 3 heterocycles. The van der Waals surface area contributed by atoms with E-state index in [0.29, 0.717) is 6.42 Å². The first-order chi connectivity index (χ1) is 15.9. The molecule has 3 fully saturated rings. The van der Waals surface area contributed by atoms with E-state index in [2.05, 4.69) is 20.8 Å². The molecule has 0 bridgehead atoms. The summed E-state index contributed by atoms with van der Waals surface area (Å²) in [5.41, 5.74) is -1.97. The third kappa shape index (κ3) is 2.83. The van der Waals surface area contributed by atoms with Crippen LogP contribution in [0, 0.1) is 22.7 Å². The van der Waals surface area contributed by atoms with Crippen molar-refractivity contribution >= 4 is 11.9 Å². The molecule has 186 valence electrons. The summed E-state index contributed by atoms with van der Waals surface area (Å²) in [6.45, 7) is 10.2. The van der Waals surface area contributed by atoms with Crippen molar-refractivity contribution in [3.63, 3.8) is 0 Å². The third-order valence-corrected chi connectivity index (χ3v) is 10.1. The zero-order valence-corrected chi connectivity index (χ0v) is 20.9. The minimum atomic E-state index is -0.893. The Labute approximate surface area is 200 Å². The molecule has 1 aromatic rings. The van der Waals surface area contributed by atoms with Crippen LogP contribution in [0.1, 0.15) is 71.8 Å². The maximum Gasteiger partial charge on any atom is 0.330 e. The molecule has 2 aliphatic heterocycles. The summed E-state index contributed by atoms with van der Waals surface area (Å²) >= 11 is 0. The normalized spacial score (nSPS) is 46.7. The molecule has 1 N–H and O–H groups in total. The number of cyclic esters (lactones) is 1. The van der Waals surface area contributed by atoms with Gasteiger partial charge in [0.05, 0.1) is 32.2 Å². The lowest BCUT2D eigenvalue weighted by molar-refractivity contribution is -0.166. The molecular weight excluding hydrogens is 436 g/mol. The zero-order valence-electron chi connectivity index (χ0n) is 20.9. The first kappa shape index (κ1) is 23.6. The number of carbonyl (C=O) groups is 2. The Kier molecular flexibility index (Phi) is 5.00. The predicted molar refractivity (Wildman–Crippen MR) is 123 cm³/mol. The fourth-order valence-corrected chi connectivity index (χ4v) is 8.52. The van der Waals surface area contributed by atoms with Crippen molar-refractivity contribution in [2.75, 3.05) is 7.11 Å². The topological polar surface area (TPSA) is 98.5 Å². The van der Waals surface area contributed by atoms with Gasteiger partial charge in [-0.05, 0) is 68.9 Å². The van der Waals surface area contributed by atoms with Gasteiger partial charge in [-0.15, -0.1) is 0 Å². The summed E-state index contributed by atoms with van der Waals surface area (Å²) in [5.74, 6) is -0.986. The number of aliphatic hydroxyl groups excluding tert-OH is 1. The fraction of sp³-hybridized carbons (Fsp3) is 0.704. The van der Waals surface area contributed by atoms with Gasteiger partial charge in [-0.25, -0.2) is 4.79 Å². The highest BCUT2D eigenvalue weighted by atomic mass is 16.6. The largest absolute Gasteiger partial charge is 0.472 e. The van der Waals surface area contributed by atoms with Crippen LogP contribution in [0.3, 0.4) is 0 Å². The Morgan fingerprint density at radius 2 is 1.97 bits per heavy atom. The first-order valence-electron chi connectivity index (χ1n) is 12.2. The van der Waals surface area contributed by atoms with E-state index in [1.807, 2.05) is 26.0 Å². The van der Waals surface area contributed by atoms with Crippen LogP contribution >= 0.6 is 0 Å². The smallest absolute Gasteiger partial charge is 0.330 e. The van der Waals surface area contributed by atoms with Crippen LogP contribution in [0.2, 0.25) is 0 Å². The second-order valence-corrected chi connectivity index (χ2v) is 11.9. The molecule has 5 rings (SSSR count). The third-order valence-electron chi connectivity index (χ3n) is 10.1. The van der Waals surface area contributed by atoms with Crippen LogP contribution in [-0.4, -0.2) is 47.1 Å². The Morgan fingerprint density at radius 1 is 1.24 bits per heavy atom. The zero-order chi connectivity index (χ0) is 24.7. The van der Waals surface area contributed by atoms with Crippen molar-refractivity contribution in [1.82, 2.24) is 0 Å². The van der Waals surface area contributed by atoms with E-state index in [9.17, 15) is 14.7 Å². The number of rotatable bonds is 4. The number of allylic oxidation sites excluding steroid dienone is 1. The van der Waals surface area contributed by atoms with E-state index < -0.39 is 34.3 Å². The monoisotopic (exact) mass is 472 g/mol. The van der Waals surface area contributed by atoms with Crippen molar-refractivity contribution in [3.05, 3.63) is 36.3 Å². The minimum Gasteiger partial charge on any atom is -0.472 e. The standard InChI is InChI=1S/C27H36O7/c1-23(2)19(14-22(30)31-6)24(3,10-8-21(29)33-23)18-7-11-25(4)17(16-9-12-32-15-16)13-20(28)27(25)26(18,5)34-27/h8-10,12,15,17-20,28H,7,11,13-14H2,1-6H3/t17-,18+,19+,20+,24+,25-,26+,27-/m0/s1. The summed E-state index contributed by atoms with van der Waals surface area (Å²) < 4.78 is 22.9. The van der Waals surface area contributed by atoms with Gasteiger partial charge in [0.15, 0.2) is 0 Å². The van der Waals surface area contributed by atoms with Gasteiger partial charge in [0.2, 0.25) is 0 Å². The molecule has 0 aromatic carbocycles. The second-order valence-electron chi connectivity index (χ2n) is 11.9. The molecule has 4 aliphatic rings. The Hall–Kier alpha value is -2.12. The van der Waals surface area contributed by atoms with Gasteiger partial charge in [0, 0.05) is 17.4 Å². The number of aliphatic hydroxyl groups is 1. The number of ether oxygens (including phenoxy) is 3. The van der Waals surface area contributed by atoms with E-state index in [4.69, 9.17) is 18.6 Å². The Bertz CT molecular complexity index is 1030. The second kappa shape index (κ2) is 7.20. The van der Waals surface area contributed by atoms with E-state index >= 15 is 0 Å². The number of methoxy groups -OCH3 is 1. The average Bonchev–Trinajstić information content (AvgIpc) is 3.07. The number of hydrogen-bond acceptors (Lipinski definition) is 7. The molecule has 1 aromatic heterocycles. The van der Waals surface area contributed by atoms with E-state index in [0.717, 1.165) is 18.4 Å². The van der Waals surface area contributed by atoms with Crippen molar-refractivity contribution in [1.29, 1.82) is 0 Å².